The van der Waals surface area contributed by atoms with Crippen molar-refractivity contribution in [1.82, 2.24) is 29.8 Å². The highest BCUT2D eigenvalue weighted by atomic mass is 16.5. The van der Waals surface area contributed by atoms with Crippen LogP contribution < -0.4 is 5.32 Å². The summed E-state index contributed by atoms with van der Waals surface area (Å²) in [5.41, 5.74) is 2.06. The minimum absolute atomic E-state index is 0.0348. The van der Waals surface area contributed by atoms with Crippen molar-refractivity contribution in [2.45, 2.75) is 20.3 Å². The van der Waals surface area contributed by atoms with Gasteiger partial charge in [0.05, 0.1) is 13.0 Å². The number of carbonyl (C=O) groups is 3. The Kier molecular flexibility index (Phi) is 5.63. The zero-order valence-electron chi connectivity index (χ0n) is 14.6. The highest BCUT2D eigenvalue weighted by molar-refractivity contribution is 5.86. The van der Waals surface area contributed by atoms with Gasteiger partial charge in [0.15, 0.2) is 6.61 Å². The minimum atomic E-state index is -0.561. The molecule has 0 aliphatic heterocycles. The van der Waals surface area contributed by atoms with Gasteiger partial charge in [0.25, 0.3) is 11.7 Å². The molecular weight excluding hydrogens is 328 g/mol. The van der Waals surface area contributed by atoms with E-state index in [9.17, 15) is 14.4 Å². The monoisotopic (exact) mass is 348 g/mol. The molecule has 25 heavy (non-hydrogen) atoms. The van der Waals surface area contributed by atoms with E-state index < -0.39 is 18.5 Å². The van der Waals surface area contributed by atoms with E-state index >= 15 is 0 Å². The topological polar surface area (TPSA) is 119 Å². The van der Waals surface area contributed by atoms with Crippen LogP contribution in [0.2, 0.25) is 0 Å². The Morgan fingerprint density at radius 3 is 2.72 bits per heavy atom. The second-order valence-corrected chi connectivity index (χ2v) is 5.49. The summed E-state index contributed by atoms with van der Waals surface area (Å²) in [6, 6.07) is 0. The number of fused-ring (bicyclic) bond motifs is 1. The van der Waals surface area contributed by atoms with Crippen molar-refractivity contribution in [3.63, 3.8) is 0 Å². The van der Waals surface area contributed by atoms with E-state index in [0.717, 1.165) is 5.69 Å². The first-order valence-corrected chi connectivity index (χ1v) is 7.59. The van der Waals surface area contributed by atoms with Crippen LogP contribution in [0.15, 0.2) is 6.33 Å². The molecule has 0 aliphatic rings. The summed E-state index contributed by atoms with van der Waals surface area (Å²) >= 11 is 0. The van der Waals surface area contributed by atoms with Crippen LogP contribution in [0.5, 0.6) is 0 Å². The van der Waals surface area contributed by atoms with Crippen LogP contribution in [0.3, 0.4) is 0 Å². The predicted molar refractivity (Wildman–Crippen MR) is 86.6 cm³/mol. The zero-order chi connectivity index (χ0) is 18.6. The van der Waals surface area contributed by atoms with Crippen LogP contribution in [0.4, 0.5) is 0 Å². The first-order chi connectivity index (χ1) is 11.8. The Morgan fingerprint density at radius 1 is 1.32 bits per heavy atom. The Labute approximate surface area is 144 Å². The molecule has 0 saturated heterocycles. The fourth-order valence-electron chi connectivity index (χ4n) is 2.24. The number of aromatic nitrogens is 4. The number of aryl methyl sites for hydroxylation is 2. The largest absolute Gasteiger partial charge is 0.455 e. The van der Waals surface area contributed by atoms with Gasteiger partial charge in [-0.05, 0) is 13.8 Å². The standard InChI is InChI=1S/C15H20N6O4/c1-9-11(10(2)21-15(19-9)17-8-18-21)5-14(24)25-7-13(23)20(4)6-12(22)16-3/h8H,5-7H2,1-4H3,(H,16,22). The highest BCUT2D eigenvalue weighted by Crippen LogP contribution is 2.14. The molecule has 0 fully saturated rings. The Balaban J connectivity index is 1.97. The lowest BCUT2D eigenvalue weighted by atomic mass is 10.1. The Morgan fingerprint density at radius 2 is 2.04 bits per heavy atom. The van der Waals surface area contributed by atoms with Crippen molar-refractivity contribution >= 4 is 23.6 Å². The summed E-state index contributed by atoms with van der Waals surface area (Å²) in [6.45, 7) is 3.05. The van der Waals surface area contributed by atoms with Crippen molar-refractivity contribution < 1.29 is 19.1 Å². The molecule has 2 rings (SSSR count). The zero-order valence-corrected chi connectivity index (χ0v) is 14.6. The number of nitrogens with one attached hydrogen (secondary N) is 1. The second-order valence-electron chi connectivity index (χ2n) is 5.49. The maximum atomic E-state index is 12.1. The number of likely N-dealkylation sites (N-methyl/N-ethyl adjacent to an activating group) is 2. The lowest BCUT2D eigenvalue weighted by molar-refractivity contribution is -0.151. The number of hydrogen-bond donors (Lipinski definition) is 1. The molecule has 10 heteroatoms. The molecule has 2 heterocycles. The van der Waals surface area contributed by atoms with E-state index in [0.29, 0.717) is 17.0 Å². The molecule has 2 amide bonds. The van der Waals surface area contributed by atoms with Gasteiger partial charge in [-0.3, -0.25) is 14.4 Å². The van der Waals surface area contributed by atoms with Gasteiger partial charge in [0, 0.05) is 31.0 Å². The van der Waals surface area contributed by atoms with Crippen LogP contribution in [-0.4, -0.2) is 69.5 Å². The molecule has 2 aromatic heterocycles. The van der Waals surface area contributed by atoms with E-state index in [-0.39, 0.29) is 18.9 Å². The quantitative estimate of drug-likeness (QED) is 0.667. The van der Waals surface area contributed by atoms with Crippen LogP contribution in [0.1, 0.15) is 17.0 Å². The maximum absolute atomic E-state index is 12.1. The van der Waals surface area contributed by atoms with Crippen molar-refractivity contribution in [2.24, 2.45) is 0 Å². The predicted octanol–water partition coefficient (Wildman–Crippen LogP) is -0.969. The van der Waals surface area contributed by atoms with Crippen molar-refractivity contribution in [2.75, 3.05) is 27.2 Å². The third-order valence-electron chi connectivity index (χ3n) is 3.75. The van der Waals surface area contributed by atoms with E-state index in [1.807, 2.05) is 0 Å². The average Bonchev–Trinajstić information content (AvgIpc) is 3.04. The lowest BCUT2D eigenvalue weighted by Gasteiger charge is -2.16. The van der Waals surface area contributed by atoms with Crippen LogP contribution in [0, 0.1) is 13.8 Å². The number of carbonyl (C=O) groups excluding carboxylic acids is 3. The summed E-state index contributed by atoms with van der Waals surface area (Å²) in [4.78, 5) is 44.6. The number of hydrogen-bond acceptors (Lipinski definition) is 7. The van der Waals surface area contributed by atoms with Gasteiger partial charge in [0.1, 0.15) is 6.33 Å². The van der Waals surface area contributed by atoms with Crippen LogP contribution >= 0.6 is 0 Å². The molecule has 134 valence electrons. The van der Waals surface area contributed by atoms with E-state index in [1.54, 1.807) is 13.8 Å². The molecule has 2 aromatic rings. The number of nitrogens with zero attached hydrogens (tertiary/aromatic N) is 5. The third-order valence-corrected chi connectivity index (χ3v) is 3.75. The normalized spacial score (nSPS) is 10.6. The summed E-state index contributed by atoms with van der Waals surface area (Å²) in [5, 5.41) is 6.46. The van der Waals surface area contributed by atoms with Crippen LogP contribution in [0.25, 0.3) is 5.78 Å². The molecule has 0 aromatic carbocycles. The number of rotatable bonds is 6. The van der Waals surface area contributed by atoms with Gasteiger partial charge in [-0.15, -0.1) is 0 Å². The number of ether oxygens (including phenoxy) is 1. The van der Waals surface area contributed by atoms with Crippen molar-refractivity contribution in [3.05, 3.63) is 23.3 Å². The lowest BCUT2D eigenvalue weighted by Crippen LogP contribution is -2.39. The Bertz CT molecular complexity index is 816. The van der Waals surface area contributed by atoms with Gasteiger partial charge in [0.2, 0.25) is 5.91 Å². The van der Waals surface area contributed by atoms with Gasteiger partial charge < -0.3 is 15.0 Å². The molecule has 0 radical (unpaired) electrons. The van der Waals surface area contributed by atoms with Gasteiger partial charge in [-0.2, -0.15) is 10.1 Å². The highest BCUT2D eigenvalue weighted by Gasteiger charge is 2.18. The molecule has 0 bridgehead atoms. The summed E-state index contributed by atoms with van der Waals surface area (Å²) in [6.07, 6.45) is 1.35. The molecule has 0 atom stereocenters. The first-order valence-electron chi connectivity index (χ1n) is 7.59. The molecular formula is C15H20N6O4. The molecule has 1 N–H and O–H groups in total. The minimum Gasteiger partial charge on any atom is -0.455 e. The van der Waals surface area contributed by atoms with E-state index in [4.69, 9.17) is 4.74 Å². The molecule has 10 nitrogen and oxygen atoms in total. The van der Waals surface area contributed by atoms with Crippen molar-refractivity contribution in [1.29, 1.82) is 0 Å². The fourth-order valence-corrected chi connectivity index (χ4v) is 2.24. The van der Waals surface area contributed by atoms with Gasteiger partial charge >= 0.3 is 5.97 Å². The maximum Gasteiger partial charge on any atom is 0.310 e. The first kappa shape index (κ1) is 18.3. The van der Waals surface area contributed by atoms with E-state index in [2.05, 4.69) is 20.4 Å². The molecule has 0 unspecified atom stereocenters. The summed E-state index contributed by atoms with van der Waals surface area (Å²) in [7, 11) is 2.94. The fraction of sp³-hybridized carbons (Fsp3) is 0.467. The summed E-state index contributed by atoms with van der Waals surface area (Å²) < 4.78 is 6.55. The van der Waals surface area contributed by atoms with Gasteiger partial charge in [-0.25, -0.2) is 9.50 Å². The third kappa shape index (κ3) is 4.28. The smallest absolute Gasteiger partial charge is 0.310 e. The Hall–Kier alpha value is -3.04. The SMILES string of the molecule is CNC(=O)CN(C)C(=O)COC(=O)Cc1c(C)nc2ncnn2c1C. The number of amides is 2. The molecule has 0 spiro atoms. The second kappa shape index (κ2) is 7.69. The number of esters is 1. The summed E-state index contributed by atoms with van der Waals surface area (Å²) in [5.74, 6) is -0.872. The average molecular weight is 348 g/mol. The van der Waals surface area contributed by atoms with Crippen molar-refractivity contribution in [3.8, 4) is 0 Å². The van der Waals surface area contributed by atoms with E-state index in [1.165, 1.54) is 29.8 Å². The van der Waals surface area contributed by atoms with Crippen LogP contribution in [-0.2, 0) is 25.5 Å². The van der Waals surface area contributed by atoms with Gasteiger partial charge in [-0.1, -0.05) is 0 Å². The molecule has 0 saturated carbocycles. The molecule has 0 aliphatic carbocycles.